The molecule has 3 rings (SSSR count). The number of sulfonamides is 1. The molecule has 2 heterocycles. The van der Waals surface area contributed by atoms with Crippen LogP contribution in [0.25, 0.3) is 0 Å². The molecule has 1 aliphatic carbocycles. The minimum absolute atomic E-state index is 0.238. The van der Waals surface area contributed by atoms with Crippen LogP contribution in [0.1, 0.15) is 44.9 Å². The van der Waals surface area contributed by atoms with E-state index in [2.05, 4.69) is 5.32 Å². The third-order valence-corrected chi connectivity index (χ3v) is 7.22. The molecule has 1 saturated carbocycles. The molecule has 0 aromatic carbocycles. The monoisotopic (exact) mass is 286 g/mol. The molecule has 1 N–H and O–H groups in total. The molecule has 2 unspecified atom stereocenters. The van der Waals surface area contributed by atoms with Crippen LogP contribution in [0.2, 0.25) is 0 Å². The van der Waals surface area contributed by atoms with Crippen molar-refractivity contribution < 1.29 is 8.42 Å². The van der Waals surface area contributed by atoms with Crippen molar-refractivity contribution in [2.24, 2.45) is 11.8 Å². The van der Waals surface area contributed by atoms with Gasteiger partial charge in [0, 0.05) is 19.1 Å². The lowest BCUT2D eigenvalue weighted by molar-refractivity contribution is 0.215. The molecule has 4 nitrogen and oxygen atoms in total. The highest BCUT2D eigenvalue weighted by Crippen LogP contribution is 2.31. The number of fused-ring (bicyclic) bond motifs is 1. The van der Waals surface area contributed by atoms with Gasteiger partial charge in [-0.15, -0.1) is 0 Å². The Hall–Kier alpha value is -0.130. The number of nitrogens with zero attached hydrogens (tertiary/aromatic N) is 1. The first-order valence-corrected chi connectivity index (χ1v) is 9.48. The first-order chi connectivity index (χ1) is 9.17. The number of nitrogens with one attached hydrogen (secondary N) is 1. The van der Waals surface area contributed by atoms with Crippen LogP contribution in [0.3, 0.4) is 0 Å². The molecule has 0 bridgehead atoms. The van der Waals surface area contributed by atoms with Crippen molar-refractivity contribution in [2.75, 3.05) is 25.4 Å². The molecule has 2 saturated heterocycles. The second-order valence-electron chi connectivity index (χ2n) is 6.52. The lowest BCUT2D eigenvalue weighted by Crippen LogP contribution is -2.49. The number of hydrogen-bond acceptors (Lipinski definition) is 3. The summed E-state index contributed by atoms with van der Waals surface area (Å²) in [5, 5.41) is 3.36. The fraction of sp³-hybridized carbons (Fsp3) is 1.00. The zero-order chi connectivity index (χ0) is 13.3. The maximum absolute atomic E-state index is 12.7. The zero-order valence-corrected chi connectivity index (χ0v) is 12.5. The molecule has 5 heteroatoms. The highest BCUT2D eigenvalue weighted by atomic mass is 32.2. The van der Waals surface area contributed by atoms with Gasteiger partial charge in [-0.3, -0.25) is 0 Å². The van der Waals surface area contributed by atoms with Crippen molar-refractivity contribution in [1.82, 2.24) is 9.62 Å². The van der Waals surface area contributed by atoms with Crippen LogP contribution >= 0.6 is 0 Å². The summed E-state index contributed by atoms with van der Waals surface area (Å²) >= 11 is 0. The first-order valence-electron chi connectivity index (χ1n) is 7.87. The lowest BCUT2D eigenvalue weighted by Gasteiger charge is -2.37. The normalized spacial score (nSPS) is 34.3. The Kier molecular flexibility index (Phi) is 4.15. The van der Waals surface area contributed by atoms with Crippen LogP contribution < -0.4 is 5.32 Å². The quantitative estimate of drug-likeness (QED) is 0.857. The van der Waals surface area contributed by atoms with E-state index in [1.165, 1.54) is 25.7 Å². The number of hydrogen-bond donors (Lipinski definition) is 1. The van der Waals surface area contributed by atoms with Crippen LogP contribution in [0.15, 0.2) is 0 Å². The molecule has 0 amide bonds. The fourth-order valence-electron chi connectivity index (χ4n) is 4.12. The predicted octanol–water partition coefficient (Wildman–Crippen LogP) is 1.58. The highest BCUT2D eigenvalue weighted by molar-refractivity contribution is 7.89. The molecule has 0 aromatic rings. The van der Waals surface area contributed by atoms with Crippen LogP contribution in [0, 0.1) is 11.8 Å². The van der Waals surface area contributed by atoms with Gasteiger partial charge < -0.3 is 5.32 Å². The second-order valence-corrected chi connectivity index (χ2v) is 8.49. The van der Waals surface area contributed by atoms with E-state index in [0.29, 0.717) is 17.6 Å². The van der Waals surface area contributed by atoms with Gasteiger partial charge in [0.05, 0.1) is 5.75 Å². The summed E-state index contributed by atoms with van der Waals surface area (Å²) in [5.41, 5.74) is 0. The molecule has 0 aromatic heterocycles. The van der Waals surface area contributed by atoms with Crippen molar-refractivity contribution in [1.29, 1.82) is 0 Å². The molecule has 0 radical (unpaired) electrons. The van der Waals surface area contributed by atoms with Crippen molar-refractivity contribution in [3.8, 4) is 0 Å². The van der Waals surface area contributed by atoms with Gasteiger partial charge >= 0.3 is 0 Å². The van der Waals surface area contributed by atoms with E-state index < -0.39 is 10.0 Å². The van der Waals surface area contributed by atoms with Gasteiger partial charge in [0.2, 0.25) is 10.0 Å². The van der Waals surface area contributed by atoms with Crippen molar-refractivity contribution in [3.05, 3.63) is 0 Å². The summed E-state index contributed by atoms with van der Waals surface area (Å²) in [6, 6.07) is 0.238. The molecular weight excluding hydrogens is 260 g/mol. The minimum Gasteiger partial charge on any atom is -0.315 e. The Bertz CT molecular complexity index is 404. The predicted molar refractivity (Wildman–Crippen MR) is 76.4 cm³/mol. The summed E-state index contributed by atoms with van der Waals surface area (Å²) in [6.45, 7) is 2.60. The Balaban J connectivity index is 1.68. The van der Waals surface area contributed by atoms with E-state index in [-0.39, 0.29) is 6.04 Å². The third kappa shape index (κ3) is 2.98. The van der Waals surface area contributed by atoms with E-state index in [1.807, 2.05) is 4.31 Å². The van der Waals surface area contributed by atoms with E-state index >= 15 is 0 Å². The van der Waals surface area contributed by atoms with Crippen LogP contribution in [-0.4, -0.2) is 44.2 Å². The largest absolute Gasteiger partial charge is 0.315 e. The van der Waals surface area contributed by atoms with Gasteiger partial charge in [0.1, 0.15) is 0 Å². The number of piperidine rings is 1. The standard InChI is InChI=1S/C14H26N2O2S/c17-19(18,11-12-5-2-1-3-6-12)16-8-4-7-13-9-15-10-14(13)16/h12-15H,1-11H2. The molecule has 2 atom stereocenters. The van der Waals surface area contributed by atoms with Crippen LogP contribution in [0.5, 0.6) is 0 Å². The topological polar surface area (TPSA) is 49.4 Å². The SMILES string of the molecule is O=S(=O)(CC1CCCCC1)N1CCCC2CNCC21. The van der Waals surface area contributed by atoms with Gasteiger partial charge in [-0.25, -0.2) is 8.42 Å². The van der Waals surface area contributed by atoms with Crippen LogP contribution in [0.4, 0.5) is 0 Å². The van der Waals surface area contributed by atoms with E-state index in [4.69, 9.17) is 0 Å². The summed E-state index contributed by atoms with van der Waals surface area (Å²) in [6.07, 6.45) is 8.16. The maximum Gasteiger partial charge on any atom is 0.214 e. The Morgan fingerprint density at radius 2 is 1.79 bits per heavy atom. The molecule has 2 aliphatic heterocycles. The summed E-state index contributed by atoms with van der Waals surface area (Å²) < 4.78 is 27.2. The van der Waals surface area contributed by atoms with Gasteiger partial charge in [-0.1, -0.05) is 19.3 Å². The molecular formula is C14H26N2O2S. The Labute approximate surface area is 117 Å². The van der Waals surface area contributed by atoms with E-state index in [0.717, 1.165) is 38.9 Å². The van der Waals surface area contributed by atoms with E-state index in [1.54, 1.807) is 0 Å². The average molecular weight is 286 g/mol. The van der Waals surface area contributed by atoms with Crippen molar-refractivity contribution in [3.63, 3.8) is 0 Å². The van der Waals surface area contributed by atoms with E-state index in [9.17, 15) is 8.42 Å². The van der Waals surface area contributed by atoms with Crippen molar-refractivity contribution in [2.45, 2.75) is 51.0 Å². The highest BCUT2D eigenvalue weighted by Gasteiger charge is 2.41. The Morgan fingerprint density at radius 3 is 2.58 bits per heavy atom. The van der Waals surface area contributed by atoms with Crippen molar-refractivity contribution >= 4 is 10.0 Å². The second kappa shape index (κ2) is 5.70. The molecule has 110 valence electrons. The molecule has 0 spiro atoms. The van der Waals surface area contributed by atoms with Gasteiger partial charge in [0.15, 0.2) is 0 Å². The molecule has 3 aliphatic rings. The lowest BCUT2D eigenvalue weighted by atomic mass is 9.91. The maximum atomic E-state index is 12.7. The Morgan fingerprint density at radius 1 is 1.00 bits per heavy atom. The summed E-state index contributed by atoms with van der Waals surface area (Å²) in [7, 11) is -3.04. The zero-order valence-electron chi connectivity index (χ0n) is 11.7. The number of rotatable bonds is 3. The fourth-order valence-corrected chi connectivity index (χ4v) is 6.31. The smallest absolute Gasteiger partial charge is 0.214 e. The average Bonchev–Trinajstić information content (AvgIpc) is 2.87. The minimum atomic E-state index is -3.04. The summed E-state index contributed by atoms with van der Waals surface area (Å²) in [4.78, 5) is 0. The van der Waals surface area contributed by atoms with Gasteiger partial charge in [-0.05, 0) is 44.1 Å². The van der Waals surface area contributed by atoms with Gasteiger partial charge in [0.25, 0.3) is 0 Å². The molecule has 3 fully saturated rings. The first kappa shape index (κ1) is 13.8. The third-order valence-electron chi connectivity index (χ3n) is 5.16. The summed E-state index contributed by atoms with van der Waals surface area (Å²) in [5.74, 6) is 1.36. The van der Waals surface area contributed by atoms with Crippen LogP contribution in [-0.2, 0) is 10.0 Å². The molecule has 19 heavy (non-hydrogen) atoms. The van der Waals surface area contributed by atoms with Gasteiger partial charge in [-0.2, -0.15) is 4.31 Å².